The van der Waals surface area contributed by atoms with E-state index in [9.17, 15) is 29.1 Å². The van der Waals surface area contributed by atoms with Crippen LogP contribution in [-0.4, -0.2) is 133 Å². The molecule has 9 aliphatic rings. The zero-order valence-electron chi connectivity index (χ0n) is 50.3. The van der Waals surface area contributed by atoms with Gasteiger partial charge < -0.3 is 47.7 Å². The monoisotopic (exact) mass is 1500 g/mol. The molecule has 2 aromatic rings. The Labute approximate surface area is 570 Å². The van der Waals surface area contributed by atoms with Crippen LogP contribution in [0.2, 0.25) is 0 Å². The molecule has 7 aliphatic heterocycles. The molecule has 90 heavy (non-hydrogen) atoms. The fraction of sp³-hybridized carbons (Fsp3) is 0.610. The van der Waals surface area contributed by atoms with Gasteiger partial charge in [0.15, 0.2) is 46.6 Å². The van der Waals surface area contributed by atoms with Crippen LogP contribution in [-0.2, 0) is 189 Å². The van der Waals surface area contributed by atoms with Crippen LogP contribution in [0.3, 0.4) is 0 Å². The number of cyclic esters (lactones) is 1. The number of ether oxygens (including phenoxy) is 9. The van der Waals surface area contributed by atoms with Crippen LogP contribution in [0.4, 0.5) is 0 Å². The molecule has 17 nitrogen and oxygen atoms in total. The van der Waals surface area contributed by atoms with Crippen LogP contribution in [0.25, 0.3) is 0 Å². The summed E-state index contributed by atoms with van der Waals surface area (Å²) in [5, 5.41) is 11.4. The van der Waals surface area contributed by atoms with Crippen molar-refractivity contribution < 1.29 is 71.7 Å². The number of fused-ring (bicyclic) bond motifs is 6. The summed E-state index contributed by atoms with van der Waals surface area (Å²) in [7, 11) is 22.7. The minimum absolute atomic E-state index is 0. The molecule has 1 N–H and O–H groups in total. The maximum atomic E-state index is 13.7. The minimum atomic E-state index is -2.16. The maximum absolute atomic E-state index is 13.7. The third kappa shape index (κ3) is 16.9. The van der Waals surface area contributed by atoms with E-state index < -0.39 is 59.2 Å². The predicted octanol–water partition coefficient (Wildman–Crippen LogP) is 7.69. The van der Waals surface area contributed by atoms with E-state index >= 15 is 0 Å². The normalized spacial score (nSPS) is 26.1. The maximum Gasteiger partial charge on any atom is 0.352 e. The molecule has 0 amide bonds. The Morgan fingerprint density at radius 1 is 0.678 bits per heavy atom. The zero-order chi connectivity index (χ0) is 63.8. The van der Waals surface area contributed by atoms with Gasteiger partial charge in [0.2, 0.25) is 19.2 Å². The van der Waals surface area contributed by atoms with Crippen LogP contribution >= 0.6 is 0 Å². The highest BCUT2D eigenvalue weighted by Crippen LogP contribution is 2.58. The van der Waals surface area contributed by atoms with Crippen molar-refractivity contribution in [2.75, 3.05) is 54.0 Å². The summed E-state index contributed by atoms with van der Waals surface area (Å²) in [6.45, 7) is 16.1. The van der Waals surface area contributed by atoms with E-state index in [2.05, 4.69) is 48.8 Å². The van der Waals surface area contributed by atoms with Crippen LogP contribution in [0, 0.1) is 10.8 Å². The van der Waals surface area contributed by atoms with Gasteiger partial charge in [0.1, 0.15) is 5.76 Å². The van der Waals surface area contributed by atoms with Gasteiger partial charge in [-0.15, -0.1) is 0 Å². The molecule has 8 atom stereocenters. The molecule has 2 aromatic carbocycles. The van der Waals surface area contributed by atoms with E-state index in [0.29, 0.717) is 23.0 Å². The van der Waals surface area contributed by atoms with Crippen LogP contribution in [0.1, 0.15) is 141 Å². The topological polar surface area (TPSA) is 195 Å². The molecular formula is C59H76N2O15S14. The second-order valence-corrected chi connectivity index (χ2v) is 46.0. The summed E-state index contributed by atoms with van der Waals surface area (Å²) < 4.78 is 51.0. The Morgan fingerprint density at radius 2 is 1.19 bits per heavy atom. The molecule has 7 heterocycles. The van der Waals surface area contributed by atoms with Gasteiger partial charge in [0, 0.05) is 173 Å². The van der Waals surface area contributed by atoms with Gasteiger partial charge >= 0.3 is 23.9 Å². The Hall–Kier alpha value is -2.83. The van der Waals surface area contributed by atoms with Crippen molar-refractivity contribution in [1.29, 1.82) is 0 Å². The van der Waals surface area contributed by atoms with Crippen molar-refractivity contribution in [3.63, 3.8) is 0 Å². The van der Waals surface area contributed by atoms with Gasteiger partial charge in [0.05, 0.1) is 38.5 Å². The van der Waals surface area contributed by atoms with Crippen LogP contribution in [0.5, 0.6) is 23.0 Å². The molecule has 31 heteroatoms. The van der Waals surface area contributed by atoms with Gasteiger partial charge in [-0.25, -0.2) is 9.59 Å². The smallest absolute Gasteiger partial charge is 0.352 e. The molecule has 0 unspecified atom stereocenters. The molecule has 1 saturated carbocycles. The fourth-order valence-electron chi connectivity index (χ4n) is 13.3. The molecule has 2 spiro atoms. The van der Waals surface area contributed by atoms with Crippen LogP contribution in [0.15, 0.2) is 60.4 Å². The lowest BCUT2D eigenvalue weighted by molar-refractivity contribution is -0.210. The highest BCUT2D eigenvalue weighted by Gasteiger charge is 2.63. The van der Waals surface area contributed by atoms with E-state index in [4.69, 9.17) is 65.0 Å². The van der Waals surface area contributed by atoms with Gasteiger partial charge in [-0.3, -0.25) is 24.2 Å². The van der Waals surface area contributed by atoms with Gasteiger partial charge in [-0.05, 0) is 115 Å². The summed E-state index contributed by atoms with van der Waals surface area (Å²) in [6.07, 6.45) is 13.2. The third-order valence-electron chi connectivity index (χ3n) is 17.0. The van der Waals surface area contributed by atoms with Gasteiger partial charge in [-0.2, -0.15) is 0 Å². The lowest BCUT2D eigenvalue weighted by Crippen LogP contribution is -2.56. The number of Topliss-reactive ketones (excluding diaryl/α,β-unsaturated/α-hetero) is 1. The SMILES string of the molecule is C.COC(=O)C[C@](O)(C/C=C/C(C)(C)C)C(=O)O[C@@H]1C(=O)C[C@]23CCCN2CCc2cc4c(cc2[C@H]13)OCO4.COC1=C[C@]23CCCN2CCc2cc4c(cc2[C@@H]3[C@@H]1OC(=O)[C@@]1(C/C=C/C(C)(C)C)CC(=O)O1)OCO4.S=S=S=S=S=S=S=S=S=S=S=S=S=S. The standard InChI is InChI=1S/C29H37NO8.C29H35NO7.CH4.S14/c1-27(2,3)8-5-10-29(34,16-23(32)35-4)26(33)38-25-20(31)15-28-9-6-11-30(28)12-7-18-13-21-22(37-17-36-21)14-19(18)24(25)28;1-27(2,3)8-5-10-29(16-23(31)37-29)26(32)36-25-22(33-4)15-28-9-6-11-30(28)12-7-18-13-20-21(35-17-34-20)14-19(18)24(25)28;;1-3-5-7-9-11-13-14-12-10-8-6-4-2/h5,8,13-14,24-25,34H,6-7,9-12,15-17H2,1-4H3;5,8,13-15,24-25H,6-7,9-12,16-17H2,1-4H3;1H4;/b2*8-5+;;/t2*24-,25-,28+,29-;;/m11../s1. The van der Waals surface area contributed by atoms with Crippen molar-refractivity contribution in [2.24, 2.45) is 10.8 Å². The first-order chi connectivity index (χ1) is 42.5. The quantitative estimate of drug-likeness (QED) is 0.131. The number of esters is 4. The lowest BCUT2D eigenvalue weighted by Gasteiger charge is -2.41. The van der Waals surface area contributed by atoms with Gasteiger partial charge in [-0.1, -0.05) is 73.3 Å². The first-order valence-corrected chi connectivity index (χ1v) is 46.0. The number of methoxy groups -OCH3 is 2. The minimum Gasteiger partial charge on any atom is -0.497 e. The van der Waals surface area contributed by atoms with Crippen LogP contribution < -0.4 is 18.9 Å². The van der Waals surface area contributed by atoms with E-state index in [1.54, 1.807) is 102 Å². The number of hydrogen-bond acceptors (Lipinski definition) is 19. The second kappa shape index (κ2) is 31.8. The summed E-state index contributed by atoms with van der Waals surface area (Å²) in [5.74, 6) is 0.00594. The van der Waals surface area contributed by atoms with E-state index in [0.717, 1.165) is 87.1 Å². The molecule has 11 rings (SSSR count). The van der Waals surface area contributed by atoms with Crippen molar-refractivity contribution in [3.8, 4) is 23.0 Å². The molecule has 4 fully saturated rings. The summed E-state index contributed by atoms with van der Waals surface area (Å²) >= 11 is 9.43. The number of nitrogens with zero attached hydrogens (tertiary/aromatic N) is 2. The number of rotatable bonds is 11. The first-order valence-electron chi connectivity index (χ1n) is 28.7. The number of ketones is 1. The molecule has 3 saturated heterocycles. The fourth-order valence-corrected chi connectivity index (χ4v) is 40.8. The lowest BCUT2D eigenvalue weighted by atomic mass is 9.77. The molecule has 496 valence electrons. The molecular weight excluding hydrogens is 1430 g/mol. The number of carbonyl (C=O) groups excluding carboxylic acids is 5. The van der Waals surface area contributed by atoms with E-state index in [1.165, 1.54) is 30.4 Å². The molecule has 0 radical (unpaired) electrons. The Bertz CT molecular complexity index is 3740. The average molecular weight is 1500 g/mol. The number of hydrogen-bond donors (Lipinski definition) is 1. The Balaban J connectivity index is 0.000000191. The molecule has 0 aromatic heterocycles. The zero-order valence-corrected chi connectivity index (χ0v) is 61.7. The number of aliphatic hydroxyl groups is 1. The van der Waals surface area contributed by atoms with E-state index in [1.807, 2.05) is 51.1 Å². The highest BCUT2D eigenvalue weighted by atomic mass is 33.5. The van der Waals surface area contributed by atoms with Crippen molar-refractivity contribution in [2.45, 2.75) is 166 Å². The second-order valence-electron chi connectivity index (χ2n) is 24.8. The summed E-state index contributed by atoms with van der Waals surface area (Å²) in [4.78, 5) is 69.9. The van der Waals surface area contributed by atoms with Crippen molar-refractivity contribution in [3.05, 3.63) is 82.7 Å². The number of benzene rings is 2. The number of carbonyl (C=O) groups is 5. The van der Waals surface area contributed by atoms with Crippen molar-refractivity contribution >= 4 is 159 Å². The van der Waals surface area contributed by atoms with E-state index in [-0.39, 0.29) is 80.7 Å². The number of allylic oxidation sites excluding steroid dienone is 2. The third-order valence-corrected chi connectivity index (χ3v) is 41.4. The molecule has 2 aliphatic carbocycles. The molecule has 0 bridgehead atoms. The highest BCUT2D eigenvalue weighted by molar-refractivity contribution is 8.76. The Kier molecular flexibility index (Phi) is 25.8. The average Bonchev–Trinajstić information content (AvgIpc) is 1.56. The van der Waals surface area contributed by atoms with Crippen molar-refractivity contribution in [1.82, 2.24) is 9.80 Å². The Morgan fingerprint density at radius 3 is 1.72 bits per heavy atom. The summed E-state index contributed by atoms with van der Waals surface area (Å²) in [5.41, 5.74) is -0.244. The largest absolute Gasteiger partial charge is 0.497 e. The predicted molar refractivity (Wildman–Crippen MR) is 381 cm³/mol. The van der Waals surface area contributed by atoms with Gasteiger partial charge in [0.25, 0.3) is 0 Å². The summed E-state index contributed by atoms with van der Waals surface area (Å²) in [6, 6.07) is 8.03. The first kappa shape index (κ1) is 73.0.